The number of rotatable bonds is 3. The number of aliphatic hydroxyl groups is 1. The van der Waals surface area contributed by atoms with Crippen LogP contribution in [0.3, 0.4) is 0 Å². The van der Waals surface area contributed by atoms with Crippen molar-refractivity contribution in [2.75, 3.05) is 5.32 Å². The average Bonchev–Trinajstić information content (AvgIpc) is 2.79. The number of Topliss-reactive ketones (excluding diaryl/α,β-unsaturated/α-hetero) is 1. The second-order valence-electron chi connectivity index (χ2n) is 5.36. The van der Waals surface area contributed by atoms with Crippen molar-refractivity contribution in [3.05, 3.63) is 64.7 Å². The van der Waals surface area contributed by atoms with Crippen LogP contribution in [0.15, 0.2) is 48.5 Å². The first-order valence-corrected chi connectivity index (χ1v) is 7.25. The van der Waals surface area contributed by atoms with E-state index in [1.807, 2.05) is 0 Å². The maximum Gasteiger partial charge on any atom is 0.261 e. The minimum Gasteiger partial charge on any atom is -0.375 e. The molecule has 2 atom stereocenters. The number of carbonyl (C=O) groups is 2. The van der Waals surface area contributed by atoms with E-state index < -0.39 is 17.4 Å². The zero-order chi connectivity index (χ0) is 15.9. The number of amides is 1. The molecule has 22 heavy (non-hydrogen) atoms. The number of fused-ring (bicyclic) bond motifs is 1. The SMILES string of the molecule is C[C@H](C(=O)c1ccc(Cl)cc1)[C@@]1(O)C(=O)Nc2ccccc21. The van der Waals surface area contributed by atoms with E-state index in [1.54, 1.807) is 55.5 Å². The topological polar surface area (TPSA) is 66.4 Å². The molecule has 0 radical (unpaired) electrons. The first kappa shape index (κ1) is 14.8. The molecule has 0 bridgehead atoms. The van der Waals surface area contributed by atoms with Crippen molar-refractivity contribution < 1.29 is 14.7 Å². The molecule has 0 saturated heterocycles. The molecule has 0 spiro atoms. The first-order valence-electron chi connectivity index (χ1n) is 6.87. The smallest absolute Gasteiger partial charge is 0.261 e. The van der Waals surface area contributed by atoms with Crippen molar-refractivity contribution >= 4 is 29.0 Å². The molecule has 2 aromatic carbocycles. The third-order valence-corrected chi connectivity index (χ3v) is 4.33. The van der Waals surface area contributed by atoms with Crippen LogP contribution in [0.1, 0.15) is 22.8 Å². The van der Waals surface area contributed by atoms with Gasteiger partial charge in [-0.3, -0.25) is 9.59 Å². The summed E-state index contributed by atoms with van der Waals surface area (Å²) in [5.74, 6) is -1.81. The van der Waals surface area contributed by atoms with Crippen LogP contribution in [0, 0.1) is 5.92 Å². The molecule has 0 saturated carbocycles. The van der Waals surface area contributed by atoms with Crippen molar-refractivity contribution in [3.8, 4) is 0 Å². The summed E-state index contributed by atoms with van der Waals surface area (Å²) in [6.45, 7) is 1.55. The van der Waals surface area contributed by atoms with E-state index in [2.05, 4.69) is 5.32 Å². The number of hydrogen-bond donors (Lipinski definition) is 2. The molecular formula is C17H14ClNO3. The molecule has 1 heterocycles. The molecule has 1 amide bonds. The molecular weight excluding hydrogens is 302 g/mol. The lowest BCUT2D eigenvalue weighted by molar-refractivity contribution is -0.137. The van der Waals surface area contributed by atoms with Crippen molar-refractivity contribution in [2.24, 2.45) is 5.92 Å². The van der Waals surface area contributed by atoms with E-state index in [0.29, 0.717) is 21.8 Å². The standard InChI is InChI=1S/C17H14ClNO3/c1-10(15(20)11-6-8-12(18)9-7-11)17(22)13-4-2-3-5-14(13)19-16(17)21/h2-10,22H,1H3,(H,19,21)/t10-,17+/m1/s1. The molecule has 112 valence electrons. The highest BCUT2D eigenvalue weighted by Crippen LogP contribution is 2.41. The van der Waals surface area contributed by atoms with Gasteiger partial charge in [0, 0.05) is 21.8 Å². The van der Waals surface area contributed by atoms with E-state index in [9.17, 15) is 14.7 Å². The fraction of sp³-hybridized carbons (Fsp3) is 0.176. The van der Waals surface area contributed by atoms with Crippen LogP contribution in [0.5, 0.6) is 0 Å². The van der Waals surface area contributed by atoms with Gasteiger partial charge in [0.2, 0.25) is 0 Å². The molecule has 5 heteroatoms. The number of carbonyl (C=O) groups excluding carboxylic acids is 2. The largest absolute Gasteiger partial charge is 0.375 e. The molecule has 0 aliphatic carbocycles. The Labute approximate surface area is 132 Å². The number of anilines is 1. The van der Waals surface area contributed by atoms with Gasteiger partial charge in [-0.05, 0) is 30.3 Å². The fourth-order valence-corrected chi connectivity index (χ4v) is 2.87. The Morgan fingerprint density at radius 2 is 1.82 bits per heavy atom. The van der Waals surface area contributed by atoms with E-state index in [-0.39, 0.29) is 5.78 Å². The minimum absolute atomic E-state index is 0.314. The van der Waals surface area contributed by atoms with E-state index in [4.69, 9.17) is 11.6 Å². The molecule has 4 nitrogen and oxygen atoms in total. The molecule has 0 fully saturated rings. The molecule has 2 N–H and O–H groups in total. The van der Waals surface area contributed by atoms with Crippen LogP contribution in [-0.4, -0.2) is 16.8 Å². The summed E-state index contributed by atoms with van der Waals surface area (Å²) < 4.78 is 0. The Morgan fingerprint density at radius 3 is 2.50 bits per heavy atom. The number of halogens is 1. The molecule has 0 unspecified atom stereocenters. The van der Waals surface area contributed by atoms with Gasteiger partial charge >= 0.3 is 0 Å². The zero-order valence-electron chi connectivity index (χ0n) is 11.8. The number of para-hydroxylation sites is 1. The van der Waals surface area contributed by atoms with E-state index >= 15 is 0 Å². The molecule has 0 aromatic heterocycles. The van der Waals surface area contributed by atoms with Crippen molar-refractivity contribution in [3.63, 3.8) is 0 Å². The van der Waals surface area contributed by atoms with Crippen LogP contribution >= 0.6 is 11.6 Å². The van der Waals surface area contributed by atoms with Crippen LogP contribution in [0.4, 0.5) is 5.69 Å². The van der Waals surface area contributed by atoms with Crippen molar-refractivity contribution in [1.82, 2.24) is 0 Å². The highest BCUT2D eigenvalue weighted by molar-refractivity contribution is 6.30. The summed E-state index contributed by atoms with van der Waals surface area (Å²) in [7, 11) is 0. The average molecular weight is 316 g/mol. The van der Waals surface area contributed by atoms with Gasteiger partial charge in [0.25, 0.3) is 5.91 Å². The third kappa shape index (κ3) is 2.12. The lowest BCUT2D eigenvalue weighted by Gasteiger charge is -2.27. The van der Waals surface area contributed by atoms with Gasteiger partial charge in [-0.1, -0.05) is 36.7 Å². The maximum atomic E-state index is 12.6. The van der Waals surface area contributed by atoms with Crippen LogP contribution in [0.25, 0.3) is 0 Å². The van der Waals surface area contributed by atoms with Crippen LogP contribution < -0.4 is 5.32 Å². The van der Waals surface area contributed by atoms with Gasteiger partial charge in [0.05, 0.1) is 5.92 Å². The fourth-order valence-electron chi connectivity index (χ4n) is 2.75. The summed E-state index contributed by atoms with van der Waals surface area (Å²) in [5, 5.41) is 14.1. The number of nitrogens with one attached hydrogen (secondary N) is 1. The Hall–Kier alpha value is -2.17. The van der Waals surface area contributed by atoms with E-state index in [1.165, 1.54) is 0 Å². The zero-order valence-corrected chi connectivity index (χ0v) is 12.6. The molecule has 2 aromatic rings. The number of ketones is 1. The monoisotopic (exact) mass is 315 g/mol. The Kier molecular flexibility index (Phi) is 3.51. The van der Waals surface area contributed by atoms with Crippen LogP contribution in [-0.2, 0) is 10.4 Å². The highest BCUT2D eigenvalue weighted by atomic mass is 35.5. The molecule has 3 rings (SSSR count). The summed E-state index contributed by atoms with van der Waals surface area (Å²) in [4.78, 5) is 24.9. The Morgan fingerprint density at radius 1 is 1.18 bits per heavy atom. The quantitative estimate of drug-likeness (QED) is 0.856. The van der Waals surface area contributed by atoms with Crippen molar-refractivity contribution in [1.29, 1.82) is 0 Å². The van der Waals surface area contributed by atoms with Gasteiger partial charge in [0.1, 0.15) is 0 Å². The first-order chi connectivity index (χ1) is 10.4. The van der Waals surface area contributed by atoms with Gasteiger partial charge in [-0.15, -0.1) is 0 Å². The summed E-state index contributed by atoms with van der Waals surface area (Å²) in [6, 6.07) is 13.2. The highest BCUT2D eigenvalue weighted by Gasteiger charge is 2.51. The van der Waals surface area contributed by atoms with Gasteiger partial charge in [0.15, 0.2) is 11.4 Å². The summed E-state index contributed by atoms with van der Waals surface area (Å²) in [6.07, 6.45) is 0. The molecule has 1 aliphatic heterocycles. The Balaban J connectivity index is 2.00. The predicted molar refractivity (Wildman–Crippen MR) is 83.9 cm³/mol. The summed E-state index contributed by atoms with van der Waals surface area (Å²) >= 11 is 5.82. The maximum absolute atomic E-state index is 12.6. The second-order valence-corrected chi connectivity index (χ2v) is 5.80. The van der Waals surface area contributed by atoms with Crippen LogP contribution in [0.2, 0.25) is 5.02 Å². The lowest BCUT2D eigenvalue weighted by Crippen LogP contribution is -2.44. The van der Waals surface area contributed by atoms with E-state index in [0.717, 1.165) is 0 Å². The number of hydrogen-bond acceptors (Lipinski definition) is 3. The predicted octanol–water partition coefficient (Wildman–Crippen LogP) is 3.00. The normalized spacial score (nSPS) is 21.1. The minimum atomic E-state index is -1.87. The van der Waals surface area contributed by atoms with Crippen molar-refractivity contribution in [2.45, 2.75) is 12.5 Å². The second kappa shape index (κ2) is 5.23. The summed E-state index contributed by atoms with van der Waals surface area (Å²) in [5.41, 5.74) is -0.504. The van der Waals surface area contributed by atoms with Gasteiger partial charge < -0.3 is 10.4 Å². The number of benzene rings is 2. The lowest BCUT2D eigenvalue weighted by atomic mass is 9.79. The Bertz CT molecular complexity index is 757. The molecule has 1 aliphatic rings. The van der Waals surface area contributed by atoms with Gasteiger partial charge in [-0.2, -0.15) is 0 Å². The third-order valence-electron chi connectivity index (χ3n) is 4.08. The van der Waals surface area contributed by atoms with Gasteiger partial charge in [-0.25, -0.2) is 0 Å².